The van der Waals surface area contributed by atoms with Gasteiger partial charge in [0.25, 0.3) is 0 Å². The molecule has 0 amide bonds. The molecule has 0 spiro atoms. The zero-order valence-corrected chi connectivity index (χ0v) is 7.48. The van der Waals surface area contributed by atoms with Crippen LogP contribution in [0.5, 0.6) is 0 Å². The molecule has 2 nitrogen and oxygen atoms in total. The van der Waals surface area contributed by atoms with Crippen LogP contribution in [0.1, 0.15) is 12.8 Å². The average Bonchev–Trinajstić information content (AvgIpc) is 2.78. The van der Waals surface area contributed by atoms with Crippen LogP contribution >= 0.6 is 11.6 Å². The highest BCUT2D eigenvalue weighted by Gasteiger charge is 2.28. The van der Waals surface area contributed by atoms with Crippen LogP contribution in [0.25, 0.3) is 0 Å². The maximum Gasteiger partial charge on any atom is 0.0977 e. The number of halogens is 1. The predicted molar refractivity (Wildman–Crippen MR) is 46.8 cm³/mol. The van der Waals surface area contributed by atoms with E-state index in [0.717, 1.165) is 25.6 Å². The van der Waals surface area contributed by atoms with Gasteiger partial charge in [-0.2, -0.15) is 0 Å². The molecule has 64 valence electrons. The Kier molecular flexibility index (Phi) is 2.35. The molecular weight excluding hydrogens is 160 g/mol. The molecule has 0 radical (unpaired) electrons. The number of piperazine rings is 1. The van der Waals surface area contributed by atoms with Crippen molar-refractivity contribution in [3.05, 3.63) is 0 Å². The van der Waals surface area contributed by atoms with Gasteiger partial charge < -0.3 is 5.32 Å². The molecule has 3 heteroatoms. The number of hydrogen-bond donors (Lipinski definition) is 1. The Bertz CT molecular complexity index is 136. The molecule has 0 aromatic heterocycles. The second kappa shape index (κ2) is 3.30. The highest BCUT2D eigenvalue weighted by atomic mass is 35.5. The number of alkyl halides is 1. The van der Waals surface area contributed by atoms with Gasteiger partial charge in [0.2, 0.25) is 0 Å². The van der Waals surface area contributed by atoms with Crippen molar-refractivity contribution in [2.45, 2.75) is 18.3 Å². The van der Waals surface area contributed by atoms with Crippen molar-refractivity contribution in [2.24, 2.45) is 5.92 Å². The fourth-order valence-corrected chi connectivity index (χ4v) is 1.84. The van der Waals surface area contributed by atoms with Crippen LogP contribution in [-0.2, 0) is 0 Å². The Morgan fingerprint density at radius 3 is 2.91 bits per heavy atom. The van der Waals surface area contributed by atoms with Crippen molar-refractivity contribution in [1.82, 2.24) is 10.2 Å². The summed E-state index contributed by atoms with van der Waals surface area (Å²) in [7, 11) is 0. The number of rotatable bonds is 2. The molecule has 11 heavy (non-hydrogen) atoms. The summed E-state index contributed by atoms with van der Waals surface area (Å²) in [6, 6.07) is 0. The summed E-state index contributed by atoms with van der Waals surface area (Å²) in [6.07, 6.45) is 2.85. The van der Waals surface area contributed by atoms with Gasteiger partial charge in [-0.1, -0.05) is 0 Å². The summed E-state index contributed by atoms with van der Waals surface area (Å²) in [6.45, 7) is 4.42. The van der Waals surface area contributed by atoms with Crippen LogP contribution in [0.15, 0.2) is 0 Å². The zero-order valence-electron chi connectivity index (χ0n) is 6.72. The van der Waals surface area contributed by atoms with E-state index in [0.29, 0.717) is 0 Å². The minimum absolute atomic E-state index is 0.240. The fourth-order valence-electron chi connectivity index (χ4n) is 1.55. The fraction of sp³-hybridized carbons (Fsp3) is 1.00. The minimum Gasteiger partial charge on any atom is -0.313 e. The molecule has 2 fully saturated rings. The van der Waals surface area contributed by atoms with Crippen LogP contribution in [-0.4, -0.2) is 36.6 Å². The molecule has 0 aromatic rings. The lowest BCUT2D eigenvalue weighted by molar-refractivity contribution is 0.206. The summed E-state index contributed by atoms with van der Waals surface area (Å²) in [5.74, 6) is 0.967. The van der Waals surface area contributed by atoms with E-state index in [1.54, 1.807) is 0 Å². The minimum atomic E-state index is 0.240. The van der Waals surface area contributed by atoms with Gasteiger partial charge in [-0.05, 0) is 18.8 Å². The van der Waals surface area contributed by atoms with Gasteiger partial charge >= 0.3 is 0 Å². The highest BCUT2D eigenvalue weighted by molar-refractivity contribution is 6.20. The smallest absolute Gasteiger partial charge is 0.0977 e. The lowest BCUT2D eigenvalue weighted by Crippen LogP contribution is -2.49. The Labute approximate surface area is 72.9 Å². The normalized spacial score (nSPS) is 34.1. The van der Waals surface area contributed by atoms with E-state index in [4.69, 9.17) is 11.6 Å². The van der Waals surface area contributed by atoms with Crippen molar-refractivity contribution in [3.8, 4) is 0 Å². The first-order chi connectivity index (χ1) is 5.36. The molecule has 1 atom stereocenters. The van der Waals surface area contributed by atoms with Gasteiger partial charge in [0.15, 0.2) is 0 Å². The quantitative estimate of drug-likeness (QED) is 0.494. The molecule has 0 bridgehead atoms. The molecule has 1 heterocycles. The number of hydrogen-bond acceptors (Lipinski definition) is 2. The third-order valence-electron chi connectivity index (χ3n) is 2.47. The lowest BCUT2D eigenvalue weighted by Gasteiger charge is -2.32. The molecule has 0 aromatic carbocycles. The standard InChI is InChI=1S/C8H15ClN2/c9-8-5-10-3-4-11(8)6-7-1-2-7/h7-8,10H,1-6H2. The van der Waals surface area contributed by atoms with Gasteiger partial charge in [-0.15, -0.1) is 11.6 Å². The second-order valence-corrected chi connectivity index (χ2v) is 4.08. The van der Waals surface area contributed by atoms with Crippen molar-refractivity contribution in [3.63, 3.8) is 0 Å². The van der Waals surface area contributed by atoms with E-state index in [9.17, 15) is 0 Å². The van der Waals surface area contributed by atoms with E-state index in [1.165, 1.54) is 19.4 Å². The molecule has 1 aliphatic heterocycles. The first-order valence-corrected chi connectivity index (χ1v) is 4.89. The van der Waals surface area contributed by atoms with Gasteiger partial charge in [0, 0.05) is 26.2 Å². The molecule has 1 N–H and O–H groups in total. The van der Waals surface area contributed by atoms with Crippen molar-refractivity contribution in [2.75, 3.05) is 26.2 Å². The predicted octanol–water partition coefficient (Wildman–Crippen LogP) is 0.866. The molecule has 1 saturated heterocycles. The van der Waals surface area contributed by atoms with Crippen molar-refractivity contribution < 1.29 is 0 Å². The Balaban J connectivity index is 1.78. The lowest BCUT2D eigenvalue weighted by atomic mass is 10.3. The van der Waals surface area contributed by atoms with Crippen LogP contribution in [0.4, 0.5) is 0 Å². The highest BCUT2D eigenvalue weighted by Crippen LogP contribution is 2.30. The molecule has 2 aliphatic rings. The summed E-state index contributed by atoms with van der Waals surface area (Å²) in [5, 5.41) is 3.28. The Hall–Kier alpha value is 0.210. The van der Waals surface area contributed by atoms with Crippen LogP contribution < -0.4 is 5.32 Å². The maximum absolute atomic E-state index is 6.12. The van der Waals surface area contributed by atoms with Gasteiger partial charge in [0.05, 0.1) is 5.50 Å². The van der Waals surface area contributed by atoms with Crippen molar-refractivity contribution in [1.29, 1.82) is 0 Å². The zero-order chi connectivity index (χ0) is 7.68. The van der Waals surface area contributed by atoms with Crippen LogP contribution in [0, 0.1) is 5.92 Å². The summed E-state index contributed by atoms with van der Waals surface area (Å²) >= 11 is 6.12. The first-order valence-electron chi connectivity index (χ1n) is 4.45. The first kappa shape index (κ1) is 7.84. The Morgan fingerprint density at radius 2 is 2.27 bits per heavy atom. The molecule has 1 saturated carbocycles. The molecule has 1 unspecified atom stereocenters. The number of nitrogens with one attached hydrogen (secondary N) is 1. The number of nitrogens with zero attached hydrogens (tertiary/aromatic N) is 1. The van der Waals surface area contributed by atoms with Crippen molar-refractivity contribution >= 4 is 11.6 Å². The van der Waals surface area contributed by atoms with Crippen LogP contribution in [0.3, 0.4) is 0 Å². The van der Waals surface area contributed by atoms with E-state index < -0.39 is 0 Å². The van der Waals surface area contributed by atoms with Crippen LogP contribution in [0.2, 0.25) is 0 Å². The van der Waals surface area contributed by atoms with Gasteiger partial charge in [-0.3, -0.25) is 4.90 Å². The van der Waals surface area contributed by atoms with E-state index >= 15 is 0 Å². The topological polar surface area (TPSA) is 15.3 Å². The van der Waals surface area contributed by atoms with E-state index in [-0.39, 0.29) is 5.50 Å². The molecule has 2 rings (SSSR count). The average molecular weight is 175 g/mol. The van der Waals surface area contributed by atoms with E-state index in [2.05, 4.69) is 10.2 Å². The Morgan fingerprint density at radius 1 is 1.45 bits per heavy atom. The largest absolute Gasteiger partial charge is 0.313 e. The summed E-state index contributed by atoms with van der Waals surface area (Å²) in [5.41, 5.74) is 0.240. The van der Waals surface area contributed by atoms with Gasteiger partial charge in [0.1, 0.15) is 0 Å². The monoisotopic (exact) mass is 174 g/mol. The molecular formula is C8H15ClN2. The second-order valence-electron chi connectivity index (χ2n) is 3.58. The maximum atomic E-state index is 6.12. The molecule has 1 aliphatic carbocycles. The van der Waals surface area contributed by atoms with Gasteiger partial charge in [-0.25, -0.2) is 0 Å². The third kappa shape index (κ3) is 2.08. The SMILES string of the molecule is ClC1CNCCN1CC1CC1. The summed E-state index contributed by atoms with van der Waals surface area (Å²) < 4.78 is 0. The summed E-state index contributed by atoms with van der Waals surface area (Å²) in [4.78, 5) is 2.40. The van der Waals surface area contributed by atoms with E-state index in [1.807, 2.05) is 0 Å². The third-order valence-corrected chi connectivity index (χ3v) is 2.90.